The van der Waals surface area contributed by atoms with E-state index in [-0.39, 0.29) is 0 Å². The molecular formula is C26H29N7O. The van der Waals surface area contributed by atoms with E-state index in [1.54, 1.807) is 13.3 Å². The Morgan fingerprint density at radius 3 is 2.74 bits per heavy atom. The van der Waals surface area contributed by atoms with E-state index in [2.05, 4.69) is 67.1 Å². The fourth-order valence-corrected chi connectivity index (χ4v) is 4.82. The van der Waals surface area contributed by atoms with E-state index >= 15 is 0 Å². The van der Waals surface area contributed by atoms with E-state index < -0.39 is 0 Å². The highest BCUT2D eigenvalue weighted by Gasteiger charge is 2.22. The second kappa shape index (κ2) is 10.0. The van der Waals surface area contributed by atoms with Crippen molar-refractivity contribution in [3.8, 4) is 5.88 Å². The number of nitrogens with two attached hydrogens (primary N) is 1. The summed E-state index contributed by atoms with van der Waals surface area (Å²) in [7, 11) is 1.61. The van der Waals surface area contributed by atoms with E-state index in [1.165, 1.54) is 31.2 Å². The molecule has 0 spiro atoms. The van der Waals surface area contributed by atoms with Crippen LogP contribution in [0.25, 0.3) is 16.7 Å². The first-order valence-electron chi connectivity index (χ1n) is 11.7. The number of aromatic nitrogens is 5. The Hall–Kier alpha value is -3.78. The van der Waals surface area contributed by atoms with Crippen LogP contribution in [-0.2, 0) is 0 Å². The number of methoxy groups -OCH3 is 1. The minimum absolute atomic E-state index is 0.399. The zero-order valence-corrected chi connectivity index (χ0v) is 19.2. The summed E-state index contributed by atoms with van der Waals surface area (Å²) in [6.45, 7) is 0.724. The number of rotatable bonds is 7. The fourth-order valence-electron chi connectivity index (χ4n) is 4.82. The molecule has 0 bridgehead atoms. The van der Waals surface area contributed by atoms with Gasteiger partial charge in [0.25, 0.3) is 0 Å². The maximum Gasteiger partial charge on any atom is 0.213 e. The average Bonchev–Trinajstić information content (AvgIpc) is 3.36. The quantitative estimate of drug-likeness (QED) is 0.384. The van der Waals surface area contributed by atoms with Gasteiger partial charge in [-0.1, -0.05) is 36.4 Å². The maximum absolute atomic E-state index is 6.09. The fraction of sp³-hybridized carbons (Fsp3) is 0.308. The summed E-state index contributed by atoms with van der Waals surface area (Å²) in [5, 5.41) is 14.8. The Kier molecular flexibility index (Phi) is 6.49. The van der Waals surface area contributed by atoms with Crippen LogP contribution in [0.5, 0.6) is 5.88 Å². The molecule has 1 aliphatic carbocycles. The zero-order chi connectivity index (χ0) is 23.3. The minimum Gasteiger partial charge on any atom is -0.481 e. The number of pyridine rings is 2. The summed E-state index contributed by atoms with van der Waals surface area (Å²) in [6.07, 6.45) is 8.68. The van der Waals surface area contributed by atoms with Crippen LogP contribution in [0.1, 0.15) is 48.3 Å². The molecule has 1 fully saturated rings. The molecule has 8 heteroatoms. The molecule has 0 aliphatic heterocycles. The predicted molar refractivity (Wildman–Crippen MR) is 133 cm³/mol. The van der Waals surface area contributed by atoms with Crippen LogP contribution in [0, 0.1) is 0 Å². The molecule has 174 valence electrons. The van der Waals surface area contributed by atoms with Gasteiger partial charge in [0, 0.05) is 30.4 Å². The molecule has 8 nitrogen and oxygen atoms in total. The molecule has 1 saturated carbocycles. The van der Waals surface area contributed by atoms with Gasteiger partial charge in [-0.25, -0.2) is 9.97 Å². The average molecular weight is 456 g/mol. The molecule has 3 aromatic heterocycles. The number of aromatic amines is 1. The number of nitrogen functional groups attached to an aromatic ring is 1. The predicted octanol–water partition coefficient (Wildman–Crippen LogP) is 4.09. The number of H-pyrrole nitrogens is 1. The number of hydrogen-bond donors (Lipinski definition) is 3. The smallest absolute Gasteiger partial charge is 0.213 e. The molecule has 3 heterocycles. The van der Waals surface area contributed by atoms with Gasteiger partial charge in [0.1, 0.15) is 11.3 Å². The van der Waals surface area contributed by atoms with Crippen molar-refractivity contribution in [2.75, 3.05) is 19.4 Å². The lowest BCUT2D eigenvalue weighted by molar-refractivity contribution is 0.351. The molecule has 4 aromatic rings. The number of benzene rings is 1. The Bertz CT molecular complexity index is 1280. The normalized spacial score (nSPS) is 18.8. The monoisotopic (exact) mass is 455 g/mol. The number of fused-ring (bicyclic) bond motifs is 1. The Labute approximate surface area is 198 Å². The Morgan fingerprint density at radius 1 is 1.12 bits per heavy atom. The van der Waals surface area contributed by atoms with Crippen molar-refractivity contribution in [2.45, 2.75) is 37.6 Å². The summed E-state index contributed by atoms with van der Waals surface area (Å²) in [6, 6.07) is 17.1. The first kappa shape index (κ1) is 22.0. The molecular weight excluding hydrogens is 426 g/mol. The van der Waals surface area contributed by atoms with Gasteiger partial charge in [-0.15, -0.1) is 5.10 Å². The van der Waals surface area contributed by atoms with E-state index in [9.17, 15) is 0 Å². The van der Waals surface area contributed by atoms with Crippen LogP contribution in [0.3, 0.4) is 0 Å². The molecule has 0 unspecified atom stereocenters. The lowest BCUT2D eigenvalue weighted by Gasteiger charge is -2.29. The number of hydrogen-bond acceptors (Lipinski definition) is 7. The summed E-state index contributed by atoms with van der Waals surface area (Å²) in [5.74, 6) is 1.61. The summed E-state index contributed by atoms with van der Waals surface area (Å²) < 4.78 is 5.36. The van der Waals surface area contributed by atoms with Crippen LogP contribution in [0.4, 0.5) is 5.82 Å². The van der Waals surface area contributed by atoms with Gasteiger partial charge in [0.05, 0.1) is 7.11 Å². The van der Waals surface area contributed by atoms with Gasteiger partial charge in [0.15, 0.2) is 0 Å². The third kappa shape index (κ3) is 4.77. The van der Waals surface area contributed by atoms with Gasteiger partial charge in [-0.2, -0.15) is 10.3 Å². The zero-order valence-electron chi connectivity index (χ0n) is 19.2. The van der Waals surface area contributed by atoms with E-state index in [0.29, 0.717) is 34.8 Å². The topological polar surface area (TPSA) is 115 Å². The molecule has 0 radical (unpaired) electrons. The lowest BCUT2D eigenvalue weighted by atomic mass is 9.82. The molecule has 0 atom stereocenters. The largest absolute Gasteiger partial charge is 0.481 e. The SMILES string of the molecule is COc1cc(/C(=C\CNC2CCC(c3ccccc3)CC2)c2cc(N)nc3n[nH]nc23)ccn1. The molecule has 34 heavy (non-hydrogen) atoms. The first-order valence-corrected chi connectivity index (χ1v) is 11.7. The summed E-state index contributed by atoms with van der Waals surface area (Å²) >= 11 is 0. The number of anilines is 1. The Morgan fingerprint density at radius 2 is 1.94 bits per heavy atom. The van der Waals surface area contributed by atoms with E-state index in [1.807, 2.05) is 18.2 Å². The molecule has 5 rings (SSSR count). The van der Waals surface area contributed by atoms with Gasteiger partial charge in [-0.3, -0.25) is 0 Å². The summed E-state index contributed by atoms with van der Waals surface area (Å²) in [5.41, 5.74) is 11.6. The molecule has 4 N–H and O–H groups in total. The second-order valence-corrected chi connectivity index (χ2v) is 8.66. The van der Waals surface area contributed by atoms with Crippen molar-refractivity contribution in [3.05, 3.63) is 77.5 Å². The maximum atomic E-state index is 6.09. The minimum atomic E-state index is 0.399. The van der Waals surface area contributed by atoms with Gasteiger partial charge < -0.3 is 15.8 Å². The first-order chi connectivity index (χ1) is 16.7. The van der Waals surface area contributed by atoms with Crippen molar-refractivity contribution in [1.29, 1.82) is 0 Å². The molecule has 1 aliphatic rings. The number of ether oxygens (including phenoxy) is 1. The van der Waals surface area contributed by atoms with Crippen LogP contribution in [0.2, 0.25) is 0 Å². The van der Waals surface area contributed by atoms with Crippen molar-refractivity contribution < 1.29 is 4.74 Å². The Balaban J connectivity index is 1.36. The van der Waals surface area contributed by atoms with Crippen LogP contribution in [0.15, 0.2) is 60.8 Å². The lowest BCUT2D eigenvalue weighted by Crippen LogP contribution is -2.32. The van der Waals surface area contributed by atoms with E-state index in [0.717, 1.165) is 23.2 Å². The molecule has 1 aromatic carbocycles. The van der Waals surface area contributed by atoms with Crippen LogP contribution in [-0.4, -0.2) is 45.1 Å². The second-order valence-electron chi connectivity index (χ2n) is 8.66. The van der Waals surface area contributed by atoms with Crippen LogP contribution >= 0.6 is 0 Å². The summed E-state index contributed by atoms with van der Waals surface area (Å²) in [4.78, 5) is 8.54. The number of nitrogens with one attached hydrogen (secondary N) is 2. The molecule has 0 amide bonds. The van der Waals surface area contributed by atoms with Crippen LogP contribution < -0.4 is 15.8 Å². The highest BCUT2D eigenvalue weighted by Crippen LogP contribution is 2.33. The van der Waals surface area contributed by atoms with Gasteiger partial charge in [0.2, 0.25) is 11.5 Å². The number of nitrogens with zero attached hydrogens (tertiary/aromatic N) is 4. The van der Waals surface area contributed by atoms with Gasteiger partial charge in [-0.05, 0) is 60.4 Å². The van der Waals surface area contributed by atoms with E-state index in [4.69, 9.17) is 10.5 Å². The molecule has 0 saturated heterocycles. The van der Waals surface area contributed by atoms with Crippen molar-refractivity contribution in [1.82, 2.24) is 30.7 Å². The third-order valence-electron chi connectivity index (χ3n) is 6.57. The third-order valence-corrected chi connectivity index (χ3v) is 6.57. The highest BCUT2D eigenvalue weighted by atomic mass is 16.5. The standard InChI is InChI=1S/C26H29N7O/c1-34-24-15-19(11-13-29-24)21(22-16-23(27)30-26-25(22)31-33-32-26)12-14-28-20-9-7-18(8-10-20)17-5-3-2-4-6-17/h2-6,11-13,15-16,18,20,28H,7-10,14H2,1H3,(H3,27,30,31,32,33)/b21-12+. The van der Waals surface area contributed by atoms with Crippen molar-refractivity contribution in [2.24, 2.45) is 0 Å². The van der Waals surface area contributed by atoms with Gasteiger partial charge >= 0.3 is 0 Å². The highest BCUT2D eigenvalue weighted by molar-refractivity contribution is 5.93. The van der Waals surface area contributed by atoms with Crippen molar-refractivity contribution in [3.63, 3.8) is 0 Å². The van der Waals surface area contributed by atoms with Crippen molar-refractivity contribution >= 4 is 22.6 Å².